The Labute approximate surface area is 66.4 Å². The lowest BCUT2D eigenvalue weighted by molar-refractivity contribution is 0.661. The summed E-state index contributed by atoms with van der Waals surface area (Å²) in [5.41, 5.74) is 0. The Bertz CT molecular complexity index is 237. The molecule has 1 aliphatic carbocycles. The smallest absolute Gasteiger partial charge is 0.133 e. The highest BCUT2D eigenvalue weighted by atomic mass is 15.3. The van der Waals surface area contributed by atoms with E-state index in [-0.39, 0.29) is 0 Å². The van der Waals surface area contributed by atoms with Crippen LogP contribution in [0.5, 0.6) is 0 Å². The summed E-state index contributed by atoms with van der Waals surface area (Å²) in [4.78, 5) is 0. The van der Waals surface area contributed by atoms with Crippen LogP contribution in [0.3, 0.4) is 0 Å². The maximum Gasteiger partial charge on any atom is 0.133 e. The largest absolute Gasteiger partial charge is 0.318 e. The summed E-state index contributed by atoms with van der Waals surface area (Å²) < 4.78 is 2.12. The SMILES string of the molecule is CCn1cnnc1CC1CC1. The fourth-order valence-electron chi connectivity index (χ4n) is 1.28. The quantitative estimate of drug-likeness (QED) is 0.651. The van der Waals surface area contributed by atoms with Gasteiger partial charge < -0.3 is 4.57 Å². The van der Waals surface area contributed by atoms with Gasteiger partial charge in [0.15, 0.2) is 0 Å². The number of aromatic nitrogens is 3. The van der Waals surface area contributed by atoms with Crippen molar-refractivity contribution in [3.63, 3.8) is 0 Å². The van der Waals surface area contributed by atoms with Crippen molar-refractivity contribution < 1.29 is 0 Å². The fourth-order valence-corrected chi connectivity index (χ4v) is 1.28. The zero-order valence-electron chi connectivity index (χ0n) is 6.82. The van der Waals surface area contributed by atoms with E-state index in [0.29, 0.717) is 0 Å². The van der Waals surface area contributed by atoms with Gasteiger partial charge in [0, 0.05) is 13.0 Å². The molecule has 2 rings (SSSR count). The minimum Gasteiger partial charge on any atom is -0.318 e. The van der Waals surface area contributed by atoms with Gasteiger partial charge in [0.2, 0.25) is 0 Å². The molecule has 0 aliphatic heterocycles. The van der Waals surface area contributed by atoms with E-state index in [4.69, 9.17) is 0 Å². The Morgan fingerprint density at radius 1 is 1.64 bits per heavy atom. The second kappa shape index (κ2) is 2.64. The van der Waals surface area contributed by atoms with Gasteiger partial charge in [-0.05, 0) is 25.7 Å². The maximum atomic E-state index is 4.08. The van der Waals surface area contributed by atoms with Crippen LogP contribution in [0.15, 0.2) is 6.33 Å². The first-order valence-electron chi connectivity index (χ1n) is 4.27. The Morgan fingerprint density at radius 3 is 3.09 bits per heavy atom. The molecule has 3 nitrogen and oxygen atoms in total. The monoisotopic (exact) mass is 151 g/mol. The molecule has 1 fully saturated rings. The summed E-state index contributed by atoms with van der Waals surface area (Å²) in [5.74, 6) is 2.07. The van der Waals surface area contributed by atoms with Gasteiger partial charge in [-0.2, -0.15) is 0 Å². The molecule has 1 aromatic heterocycles. The lowest BCUT2D eigenvalue weighted by atomic mass is 10.3. The number of nitrogens with zero attached hydrogens (tertiary/aromatic N) is 3. The molecule has 1 saturated carbocycles. The molecule has 0 N–H and O–H groups in total. The summed E-state index contributed by atoms with van der Waals surface area (Å²) in [7, 11) is 0. The third kappa shape index (κ3) is 1.42. The van der Waals surface area contributed by atoms with Crippen LogP contribution >= 0.6 is 0 Å². The predicted octanol–water partition coefficient (Wildman–Crippen LogP) is 1.25. The van der Waals surface area contributed by atoms with E-state index in [1.807, 2.05) is 6.33 Å². The van der Waals surface area contributed by atoms with Crippen LogP contribution in [-0.4, -0.2) is 14.8 Å². The first kappa shape index (κ1) is 6.83. The molecule has 0 spiro atoms. The van der Waals surface area contributed by atoms with Crippen molar-refractivity contribution in [1.82, 2.24) is 14.8 Å². The minimum absolute atomic E-state index is 0.907. The van der Waals surface area contributed by atoms with Crippen molar-refractivity contribution in [3.05, 3.63) is 12.2 Å². The Balaban J connectivity index is 2.07. The lowest BCUT2D eigenvalue weighted by Crippen LogP contribution is -2.01. The molecule has 0 saturated heterocycles. The Kier molecular flexibility index (Phi) is 1.64. The van der Waals surface area contributed by atoms with Crippen molar-refractivity contribution in [1.29, 1.82) is 0 Å². The summed E-state index contributed by atoms with van der Waals surface area (Å²) in [6, 6.07) is 0. The Hall–Kier alpha value is -0.860. The van der Waals surface area contributed by atoms with Crippen LogP contribution in [0, 0.1) is 5.92 Å². The molecule has 3 heteroatoms. The number of hydrogen-bond acceptors (Lipinski definition) is 2. The van der Waals surface area contributed by atoms with Crippen molar-refractivity contribution >= 4 is 0 Å². The van der Waals surface area contributed by atoms with Crippen LogP contribution in [0.2, 0.25) is 0 Å². The zero-order valence-corrected chi connectivity index (χ0v) is 6.82. The average molecular weight is 151 g/mol. The molecule has 0 atom stereocenters. The molecule has 1 heterocycles. The van der Waals surface area contributed by atoms with E-state index in [1.54, 1.807) is 0 Å². The van der Waals surface area contributed by atoms with Crippen LogP contribution in [0.4, 0.5) is 0 Å². The summed E-state index contributed by atoms with van der Waals surface area (Å²) in [6.07, 6.45) is 5.72. The minimum atomic E-state index is 0.907. The van der Waals surface area contributed by atoms with Gasteiger partial charge in [-0.1, -0.05) is 0 Å². The van der Waals surface area contributed by atoms with Gasteiger partial charge in [-0.25, -0.2) is 0 Å². The predicted molar refractivity (Wildman–Crippen MR) is 42.1 cm³/mol. The van der Waals surface area contributed by atoms with E-state index >= 15 is 0 Å². The maximum absolute atomic E-state index is 4.08. The summed E-state index contributed by atoms with van der Waals surface area (Å²) in [6.45, 7) is 3.12. The standard InChI is InChI=1S/C8H13N3/c1-2-11-6-9-10-8(11)5-7-3-4-7/h6-7H,2-5H2,1H3. The average Bonchev–Trinajstić information content (AvgIpc) is 2.68. The van der Waals surface area contributed by atoms with E-state index in [9.17, 15) is 0 Å². The second-order valence-electron chi connectivity index (χ2n) is 3.18. The van der Waals surface area contributed by atoms with Gasteiger partial charge in [0.05, 0.1) is 0 Å². The number of aryl methyl sites for hydroxylation is 1. The van der Waals surface area contributed by atoms with E-state index in [0.717, 1.165) is 24.7 Å². The number of hydrogen-bond donors (Lipinski definition) is 0. The Morgan fingerprint density at radius 2 is 2.45 bits per heavy atom. The van der Waals surface area contributed by atoms with Crippen molar-refractivity contribution in [2.24, 2.45) is 5.92 Å². The van der Waals surface area contributed by atoms with Gasteiger partial charge in [-0.3, -0.25) is 0 Å². The van der Waals surface area contributed by atoms with E-state index < -0.39 is 0 Å². The lowest BCUT2D eigenvalue weighted by Gasteiger charge is -1.99. The molecular formula is C8H13N3. The summed E-state index contributed by atoms with van der Waals surface area (Å²) in [5, 5.41) is 7.97. The van der Waals surface area contributed by atoms with Gasteiger partial charge >= 0.3 is 0 Å². The molecule has 0 bridgehead atoms. The molecule has 11 heavy (non-hydrogen) atoms. The van der Waals surface area contributed by atoms with E-state index in [2.05, 4.69) is 21.7 Å². The highest BCUT2D eigenvalue weighted by molar-refractivity contribution is 4.92. The second-order valence-corrected chi connectivity index (χ2v) is 3.18. The third-order valence-electron chi connectivity index (χ3n) is 2.20. The molecule has 1 aliphatic rings. The van der Waals surface area contributed by atoms with Gasteiger partial charge in [0.25, 0.3) is 0 Å². The highest BCUT2D eigenvalue weighted by Crippen LogP contribution is 2.31. The van der Waals surface area contributed by atoms with Crippen molar-refractivity contribution in [3.8, 4) is 0 Å². The number of rotatable bonds is 3. The zero-order chi connectivity index (χ0) is 7.68. The molecule has 1 aromatic rings. The van der Waals surface area contributed by atoms with Crippen LogP contribution in [0.25, 0.3) is 0 Å². The third-order valence-corrected chi connectivity index (χ3v) is 2.20. The van der Waals surface area contributed by atoms with Crippen LogP contribution < -0.4 is 0 Å². The molecule has 60 valence electrons. The van der Waals surface area contributed by atoms with Crippen molar-refractivity contribution in [2.45, 2.75) is 32.7 Å². The van der Waals surface area contributed by atoms with Crippen LogP contribution in [0.1, 0.15) is 25.6 Å². The highest BCUT2D eigenvalue weighted by Gasteiger charge is 2.23. The van der Waals surface area contributed by atoms with E-state index in [1.165, 1.54) is 12.8 Å². The first-order chi connectivity index (χ1) is 5.40. The normalized spacial score (nSPS) is 17.2. The van der Waals surface area contributed by atoms with Gasteiger partial charge in [0.1, 0.15) is 12.2 Å². The van der Waals surface area contributed by atoms with Gasteiger partial charge in [-0.15, -0.1) is 10.2 Å². The fraction of sp³-hybridized carbons (Fsp3) is 0.750. The molecular weight excluding hydrogens is 138 g/mol. The summed E-state index contributed by atoms with van der Waals surface area (Å²) >= 11 is 0. The van der Waals surface area contributed by atoms with Crippen molar-refractivity contribution in [2.75, 3.05) is 0 Å². The first-order valence-corrected chi connectivity index (χ1v) is 4.27. The molecule has 0 unspecified atom stereocenters. The topological polar surface area (TPSA) is 30.7 Å². The molecule has 0 radical (unpaired) electrons. The molecule has 0 aromatic carbocycles. The van der Waals surface area contributed by atoms with Crippen LogP contribution in [-0.2, 0) is 13.0 Å². The molecule has 0 amide bonds.